The number of carbonyl (C=O) groups is 2. The lowest BCUT2D eigenvalue weighted by Gasteiger charge is -2.19. The van der Waals surface area contributed by atoms with E-state index in [1.165, 1.54) is 12.0 Å². The number of hydrogen-bond donors (Lipinski definition) is 0. The topological polar surface area (TPSA) is 46.6 Å². The average molecular weight is 298 g/mol. The van der Waals surface area contributed by atoms with E-state index in [0.717, 1.165) is 10.2 Å². The van der Waals surface area contributed by atoms with Crippen molar-refractivity contribution >= 4 is 33.5 Å². The molecule has 1 aromatic carbocycles. The highest BCUT2D eigenvalue weighted by atomic mass is 79.9. The molecule has 0 saturated heterocycles. The molecular formula is C12H12BrNO3. The van der Waals surface area contributed by atoms with Gasteiger partial charge < -0.3 is 9.64 Å². The third-order valence-electron chi connectivity index (χ3n) is 3.18. The molecule has 1 atom stereocenters. The molecule has 90 valence electrons. The van der Waals surface area contributed by atoms with Crippen LogP contribution in [0.3, 0.4) is 0 Å². The minimum absolute atomic E-state index is 0.266. The van der Waals surface area contributed by atoms with E-state index < -0.39 is 11.4 Å². The molecule has 1 aliphatic heterocycles. The third kappa shape index (κ3) is 1.49. The minimum atomic E-state index is -1.25. The fourth-order valence-electron chi connectivity index (χ4n) is 2.16. The number of likely N-dealkylation sites (N-methyl/N-ethyl adjacent to an activating group) is 1. The average Bonchev–Trinajstić information content (AvgIpc) is 2.51. The number of anilines is 1. The molecular weight excluding hydrogens is 286 g/mol. The lowest BCUT2D eigenvalue weighted by Crippen LogP contribution is -2.43. The normalized spacial score (nSPS) is 22.6. The number of fused-ring (bicyclic) bond motifs is 1. The zero-order chi connectivity index (χ0) is 12.8. The number of hydrogen-bond acceptors (Lipinski definition) is 3. The predicted octanol–water partition coefficient (Wildman–Crippen LogP) is 1.86. The molecule has 1 aliphatic rings. The van der Waals surface area contributed by atoms with Gasteiger partial charge in [0.2, 0.25) is 5.91 Å². The van der Waals surface area contributed by atoms with Crippen molar-refractivity contribution in [3.8, 4) is 0 Å². The second kappa shape index (κ2) is 3.84. The van der Waals surface area contributed by atoms with Crippen LogP contribution in [0.1, 0.15) is 12.5 Å². The molecule has 0 N–H and O–H groups in total. The molecule has 0 radical (unpaired) electrons. The molecule has 0 saturated carbocycles. The molecule has 0 aliphatic carbocycles. The Hall–Kier alpha value is -1.36. The van der Waals surface area contributed by atoms with E-state index in [4.69, 9.17) is 4.74 Å². The van der Waals surface area contributed by atoms with E-state index in [1.807, 2.05) is 12.1 Å². The van der Waals surface area contributed by atoms with Gasteiger partial charge in [0.1, 0.15) is 0 Å². The molecule has 1 aromatic rings. The van der Waals surface area contributed by atoms with Crippen LogP contribution in [0.25, 0.3) is 0 Å². The molecule has 1 amide bonds. The molecule has 1 heterocycles. The number of amides is 1. The van der Waals surface area contributed by atoms with Crippen molar-refractivity contribution in [3.63, 3.8) is 0 Å². The maximum Gasteiger partial charge on any atom is 0.325 e. The van der Waals surface area contributed by atoms with Gasteiger partial charge in [0.25, 0.3) is 0 Å². The van der Waals surface area contributed by atoms with Crippen molar-refractivity contribution < 1.29 is 14.3 Å². The Kier molecular flexibility index (Phi) is 2.73. The van der Waals surface area contributed by atoms with Crippen molar-refractivity contribution in [1.82, 2.24) is 0 Å². The summed E-state index contributed by atoms with van der Waals surface area (Å²) in [5, 5.41) is 0. The van der Waals surface area contributed by atoms with E-state index in [1.54, 1.807) is 20.0 Å². The van der Waals surface area contributed by atoms with Crippen molar-refractivity contribution in [3.05, 3.63) is 28.2 Å². The zero-order valence-electron chi connectivity index (χ0n) is 9.78. The van der Waals surface area contributed by atoms with Gasteiger partial charge in [0.05, 0.1) is 7.11 Å². The summed E-state index contributed by atoms with van der Waals surface area (Å²) < 4.78 is 5.58. The number of ether oxygens (including phenoxy) is 1. The van der Waals surface area contributed by atoms with Gasteiger partial charge in [0, 0.05) is 22.8 Å². The first-order valence-corrected chi connectivity index (χ1v) is 5.89. The quantitative estimate of drug-likeness (QED) is 0.587. The summed E-state index contributed by atoms with van der Waals surface area (Å²) in [7, 11) is 2.94. The number of esters is 1. The van der Waals surface area contributed by atoms with Gasteiger partial charge in [-0.15, -0.1) is 0 Å². The first-order chi connectivity index (χ1) is 7.92. The fraction of sp³-hybridized carbons (Fsp3) is 0.333. The van der Waals surface area contributed by atoms with Crippen LogP contribution < -0.4 is 4.90 Å². The lowest BCUT2D eigenvalue weighted by molar-refractivity contribution is -0.150. The number of halogens is 1. The molecule has 0 fully saturated rings. The van der Waals surface area contributed by atoms with E-state index >= 15 is 0 Å². The van der Waals surface area contributed by atoms with Crippen LogP contribution in [-0.2, 0) is 19.7 Å². The van der Waals surface area contributed by atoms with Crippen LogP contribution in [0.5, 0.6) is 0 Å². The van der Waals surface area contributed by atoms with Crippen LogP contribution in [0.4, 0.5) is 5.69 Å². The monoisotopic (exact) mass is 297 g/mol. The molecule has 0 bridgehead atoms. The summed E-state index contributed by atoms with van der Waals surface area (Å²) in [5.41, 5.74) is 0.167. The summed E-state index contributed by atoms with van der Waals surface area (Å²) in [6.07, 6.45) is 0. The van der Waals surface area contributed by atoms with E-state index in [9.17, 15) is 9.59 Å². The Morgan fingerprint density at radius 2 is 2.12 bits per heavy atom. The summed E-state index contributed by atoms with van der Waals surface area (Å²) in [5.74, 6) is -0.802. The smallest absolute Gasteiger partial charge is 0.325 e. The van der Waals surface area contributed by atoms with Gasteiger partial charge in [0.15, 0.2) is 5.41 Å². The lowest BCUT2D eigenvalue weighted by atomic mass is 9.84. The molecule has 2 rings (SSSR count). The Morgan fingerprint density at radius 3 is 2.71 bits per heavy atom. The van der Waals surface area contributed by atoms with Crippen LogP contribution in [-0.4, -0.2) is 26.0 Å². The highest BCUT2D eigenvalue weighted by Gasteiger charge is 2.52. The van der Waals surface area contributed by atoms with Gasteiger partial charge in [-0.3, -0.25) is 9.59 Å². The Morgan fingerprint density at radius 1 is 1.47 bits per heavy atom. The number of carbonyl (C=O) groups excluding carboxylic acids is 2. The zero-order valence-corrected chi connectivity index (χ0v) is 11.4. The van der Waals surface area contributed by atoms with Crippen LogP contribution >= 0.6 is 15.9 Å². The van der Waals surface area contributed by atoms with Crippen molar-refractivity contribution in [2.75, 3.05) is 19.1 Å². The Labute approximate surface area is 108 Å². The summed E-state index contributed by atoms with van der Waals surface area (Å²) >= 11 is 3.35. The number of methoxy groups -OCH3 is 1. The molecule has 0 aromatic heterocycles. The number of rotatable bonds is 1. The van der Waals surface area contributed by atoms with Gasteiger partial charge in [-0.05, 0) is 25.1 Å². The van der Waals surface area contributed by atoms with E-state index in [2.05, 4.69) is 15.9 Å². The molecule has 17 heavy (non-hydrogen) atoms. The molecule has 4 nitrogen and oxygen atoms in total. The standard InChI is InChI=1S/C12H12BrNO3/c1-12(11(16)17-3)8-6-7(13)4-5-9(8)14(2)10(12)15/h4-6H,1-3H3/t12-/m0/s1. The van der Waals surface area contributed by atoms with Gasteiger partial charge in [-0.1, -0.05) is 15.9 Å². The largest absolute Gasteiger partial charge is 0.468 e. The van der Waals surface area contributed by atoms with E-state index in [-0.39, 0.29) is 5.91 Å². The van der Waals surface area contributed by atoms with Gasteiger partial charge in [-0.25, -0.2) is 0 Å². The third-order valence-corrected chi connectivity index (χ3v) is 3.68. The number of nitrogens with zero attached hydrogens (tertiary/aromatic N) is 1. The first kappa shape index (κ1) is 12.1. The number of benzene rings is 1. The summed E-state index contributed by atoms with van der Waals surface area (Å²) in [4.78, 5) is 25.6. The fourth-order valence-corrected chi connectivity index (χ4v) is 2.52. The molecule has 0 spiro atoms. The molecule has 5 heteroatoms. The van der Waals surface area contributed by atoms with Crippen LogP contribution in [0.2, 0.25) is 0 Å². The molecule has 0 unspecified atom stereocenters. The van der Waals surface area contributed by atoms with Crippen LogP contribution in [0.15, 0.2) is 22.7 Å². The van der Waals surface area contributed by atoms with Crippen molar-refractivity contribution in [1.29, 1.82) is 0 Å². The van der Waals surface area contributed by atoms with Gasteiger partial charge >= 0.3 is 5.97 Å². The highest BCUT2D eigenvalue weighted by Crippen LogP contribution is 2.42. The summed E-state index contributed by atoms with van der Waals surface area (Å²) in [6.45, 7) is 1.59. The van der Waals surface area contributed by atoms with Gasteiger partial charge in [-0.2, -0.15) is 0 Å². The predicted molar refractivity (Wildman–Crippen MR) is 66.9 cm³/mol. The SMILES string of the molecule is COC(=O)[C@]1(C)C(=O)N(C)c2ccc(Br)cc21. The van der Waals surface area contributed by atoms with Crippen molar-refractivity contribution in [2.24, 2.45) is 0 Å². The van der Waals surface area contributed by atoms with E-state index in [0.29, 0.717) is 5.56 Å². The first-order valence-electron chi connectivity index (χ1n) is 5.09. The van der Waals surface area contributed by atoms with Crippen LogP contribution in [0, 0.1) is 0 Å². The second-order valence-electron chi connectivity index (χ2n) is 4.14. The van der Waals surface area contributed by atoms with Crippen molar-refractivity contribution in [2.45, 2.75) is 12.3 Å². The Balaban J connectivity index is 2.69. The Bertz CT molecular complexity index is 514. The highest BCUT2D eigenvalue weighted by molar-refractivity contribution is 9.10. The maximum absolute atomic E-state index is 12.2. The maximum atomic E-state index is 12.2. The second-order valence-corrected chi connectivity index (χ2v) is 5.06. The summed E-state index contributed by atoms with van der Waals surface area (Å²) in [6, 6.07) is 5.44. The minimum Gasteiger partial charge on any atom is -0.468 e.